The summed E-state index contributed by atoms with van der Waals surface area (Å²) in [5.41, 5.74) is 16.0. The molecule has 16 heteroatoms. The van der Waals surface area contributed by atoms with E-state index in [1.165, 1.54) is 16.7 Å². The van der Waals surface area contributed by atoms with Crippen LogP contribution in [-0.2, 0) is 40.3 Å². The summed E-state index contributed by atoms with van der Waals surface area (Å²) in [7, 11) is 0. The molecule has 8 aromatic rings. The Balaban J connectivity index is 0.000000185. The van der Waals surface area contributed by atoms with Crippen molar-refractivity contribution in [2.75, 3.05) is 6.61 Å². The van der Waals surface area contributed by atoms with E-state index in [1.807, 2.05) is 110 Å². The van der Waals surface area contributed by atoms with Gasteiger partial charge >= 0.3 is 30.8 Å². The van der Waals surface area contributed by atoms with E-state index < -0.39 is 5.97 Å². The number of hydrogen-bond donors (Lipinski definition) is 1. The van der Waals surface area contributed by atoms with E-state index in [4.69, 9.17) is 4.74 Å². The summed E-state index contributed by atoms with van der Waals surface area (Å²) >= 11 is 0. The van der Waals surface area contributed by atoms with E-state index >= 15 is 0 Å². The number of benzene rings is 6. The molecule has 2 fully saturated rings. The summed E-state index contributed by atoms with van der Waals surface area (Å²) in [4.78, 5) is 56.1. The molecule has 396 valence electrons. The topological polar surface area (TPSA) is 196 Å². The van der Waals surface area contributed by atoms with Crippen molar-refractivity contribution in [3.8, 4) is 0 Å². The van der Waals surface area contributed by atoms with E-state index in [-0.39, 0.29) is 91.0 Å². The van der Waals surface area contributed by atoms with Crippen LogP contribution in [0.15, 0.2) is 121 Å². The number of hydrogen-bond acceptors (Lipinski definition) is 10. The zero-order chi connectivity index (χ0) is 52.8. The molecular weight excluding hydrogens is 976 g/mol. The molecule has 4 aliphatic heterocycles. The van der Waals surface area contributed by atoms with E-state index in [2.05, 4.69) is 85.9 Å². The van der Waals surface area contributed by atoms with Crippen molar-refractivity contribution in [1.29, 1.82) is 0 Å². The monoisotopic (exact) mass is 1040 g/mol. The fourth-order valence-electron chi connectivity index (χ4n) is 13.0. The summed E-state index contributed by atoms with van der Waals surface area (Å²) in [6.07, 6.45) is 5.77. The number of aliphatic carboxylic acids is 1. The van der Waals surface area contributed by atoms with Gasteiger partial charge < -0.3 is 25.1 Å². The van der Waals surface area contributed by atoms with Gasteiger partial charge in [0.2, 0.25) is 0 Å². The van der Waals surface area contributed by atoms with Gasteiger partial charge in [0, 0.05) is 48.1 Å². The molecule has 0 radical (unpaired) electrons. The number of nitrogens with zero attached hydrogens (tertiary/aromatic N) is 8. The minimum absolute atomic E-state index is 0. The minimum atomic E-state index is -0.846. The van der Waals surface area contributed by atoms with Crippen LogP contribution in [0.1, 0.15) is 160 Å². The Bertz CT molecular complexity index is 3530. The van der Waals surface area contributed by atoms with Crippen LogP contribution in [0.2, 0.25) is 0 Å². The number of aryl methyl sites for hydroxylation is 4. The molecule has 78 heavy (non-hydrogen) atoms. The van der Waals surface area contributed by atoms with Crippen LogP contribution in [0.4, 0.5) is 0 Å². The van der Waals surface area contributed by atoms with Crippen LogP contribution in [0.3, 0.4) is 0 Å². The largest absolute Gasteiger partial charge is 1.00 e. The first-order valence-corrected chi connectivity index (χ1v) is 27.0. The summed E-state index contributed by atoms with van der Waals surface area (Å²) in [5, 5.41) is 27.3. The SMILES string of the molecule is CCOC(=O)C[C@H](c1ccc2c(c1)C1CCC(C2)N1C(=O)c1ccccc1)c1ccc2c(nnn2CC)c1C.CCn1nnc2c(C)c([C@H](CC(=O)O)c3ccc4c(c3)C3CCC(C4)N3C(=O)c3ccccc3)ccc21.[Li+].[OH-]. The molecule has 2 aromatic heterocycles. The van der Waals surface area contributed by atoms with E-state index in [0.717, 1.165) is 118 Å². The van der Waals surface area contributed by atoms with Gasteiger partial charge in [-0.05, 0) is 165 Å². The summed E-state index contributed by atoms with van der Waals surface area (Å²) in [6, 6.07) is 40.7. The van der Waals surface area contributed by atoms with Gasteiger partial charge in [0.15, 0.2) is 0 Å². The number of carbonyl (C=O) groups is 4. The molecule has 2 N–H and O–H groups in total. The first-order chi connectivity index (χ1) is 37.0. The number of ether oxygens (including phenoxy) is 1. The summed E-state index contributed by atoms with van der Waals surface area (Å²) in [5.74, 6) is -1.41. The second-order valence-electron chi connectivity index (χ2n) is 20.8. The zero-order valence-corrected chi connectivity index (χ0v) is 45.3. The van der Waals surface area contributed by atoms with Crippen molar-refractivity contribution in [1.82, 2.24) is 39.8 Å². The van der Waals surface area contributed by atoms with Gasteiger partial charge in [-0.1, -0.05) is 95.4 Å². The third-order valence-electron chi connectivity index (χ3n) is 16.7. The van der Waals surface area contributed by atoms with Gasteiger partial charge in [-0.3, -0.25) is 19.2 Å². The molecule has 6 aromatic carbocycles. The van der Waals surface area contributed by atoms with Crippen molar-refractivity contribution >= 4 is 45.8 Å². The summed E-state index contributed by atoms with van der Waals surface area (Å²) < 4.78 is 9.14. The molecular formula is C62H65LiN8O7. The Morgan fingerprint density at radius 2 is 1.03 bits per heavy atom. The Morgan fingerprint density at radius 1 is 0.590 bits per heavy atom. The molecule has 6 atom stereocenters. The number of carboxylic acids is 1. The van der Waals surface area contributed by atoms with Crippen molar-refractivity contribution in [2.45, 2.75) is 135 Å². The van der Waals surface area contributed by atoms with Gasteiger partial charge in [0.05, 0.1) is 42.6 Å². The Kier molecular flexibility index (Phi) is 16.5. The fraction of sp³-hybridized carbons (Fsp3) is 0.355. The van der Waals surface area contributed by atoms with Crippen molar-refractivity contribution in [3.05, 3.63) is 188 Å². The minimum Gasteiger partial charge on any atom is -0.870 e. The molecule has 2 amide bonds. The number of fused-ring (bicyclic) bond motifs is 10. The maximum Gasteiger partial charge on any atom is 1.00 e. The van der Waals surface area contributed by atoms with Crippen LogP contribution in [0.5, 0.6) is 0 Å². The molecule has 4 bridgehead atoms. The third kappa shape index (κ3) is 10.2. The number of rotatable bonds is 13. The van der Waals surface area contributed by atoms with E-state index in [9.17, 15) is 24.3 Å². The fourth-order valence-corrected chi connectivity index (χ4v) is 13.0. The molecule has 4 aliphatic rings. The van der Waals surface area contributed by atoms with Gasteiger partial charge in [0.1, 0.15) is 11.0 Å². The maximum absolute atomic E-state index is 13.6. The van der Waals surface area contributed by atoms with Crippen molar-refractivity contribution in [2.24, 2.45) is 0 Å². The van der Waals surface area contributed by atoms with E-state index in [0.29, 0.717) is 12.2 Å². The van der Waals surface area contributed by atoms with Gasteiger partial charge in [0.25, 0.3) is 11.8 Å². The summed E-state index contributed by atoms with van der Waals surface area (Å²) in [6.45, 7) is 11.8. The molecule has 0 aliphatic carbocycles. The van der Waals surface area contributed by atoms with Crippen molar-refractivity contribution in [3.63, 3.8) is 0 Å². The number of amides is 2. The average Bonchev–Trinajstić information content (AvgIpc) is 4.24. The molecule has 2 saturated heterocycles. The third-order valence-corrected chi connectivity index (χ3v) is 16.7. The van der Waals surface area contributed by atoms with Crippen LogP contribution in [0.25, 0.3) is 22.1 Å². The second kappa shape index (κ2) is 23.3. The Labute approximate surface area is 466 Å². The molecule has 6 heterocycles. The number of esters is 1. The molecule has 15 nitrogen and oxygen atoms in total. The van der Waals surface area contributed by atoms with E-state index in [1.54, 1.807) is 0 Å². The van der Waals surface area contributed by atoms with Gasteiger partial charge in [-0.2, -0.15) is 0 Å². The van der Waals surface area contributed by atoms with Gasteiger partial charge in [-0.25, -0.2) is 9.36 Å². The molecule has 0 saturated carbocycles. The first kappa shape index (κ1) is 55.3. The Morgan fingerprint density at radius 3 is 1.44 bits per heavy atom. The first-order valence-electron chi connectivity index (χ1n) is 27.0. The average molecular weight is 1040 g/mol. The predicted molar refractivity (Wildman–Crippen MR) is 292 cm³/mol. The second-order valence-corrected chi connectivity index (χ2v) is 20.8. The van der Waals surface area contributed by atoms with Crippen LogP contribution < -0.4 is 18.9 Å². The molecule has 4 unspecified atom stereocenters. The molecule has 0 spiro atoms. The predicted octanol–water partition coefficient (Wildman–Crippen LogP) is 7.84. The van der Waals surface area contributed by atoms with Crippen LogP contribution in [-0.4, -0.2) is 92.8 Å². The smallest absolute Gasteiger partial charge is 0.870 e. The quantitative estimate of drug-likeness (QED) is 0.0873. The standard InChI is InChI=1S/C32H34N4O3.C30H30N4O3.Li.H2O/c1-4-35-29-16-14-25(20(3)31(29)33-34-35)26(19-30(37)39-5-2)23-12-11-22-17-24-13-15-28(27(22)18-23)36(24)32(38)21-9-7-6-8-10-21;1-3-33-27-14-12-23(18(2)29(27)31-32-33)24(17-28(35)36)21-10-9-20-15-22-11-13-26(25(20)16-21)34(22)30(37)19-7-5-4-6-8-19;;/h6-12,14,16,18,24,26,28H,4-5,13,15,17,19H2,1-3H3;4-10,12,14,16,22,24,26H,3,11,13,15,17H2,1-2H3,(H,35,36);;1H2/q;;+1;/p-1/t24?,26-,28?;22?,24-,26?;;/m11../s1. The van der Waals surface area contributed by atoms with Crippen molar-refractivity contribution < 1.29 is 53.4 Å². The van der Waals surface area contributed by atoms with Gasteiger partial charge in [-0.15, -0.1) is 10.2 Å². The molecule has 12 rings (SSSR count). The number of aromatic nitrogens is 6. The number of carboxylic acid groups (broad SMARTS) is 1. The van der Waals surface area contributed by atoms with Crippen LogP contribution >= 0.6 is 0 Å². The normalized spacial score (nSPS) is 18.4. The maximum atomic E-state index is 13.6. The zero-order valence-electron chi connectivity index (χ0n) is 45.3. The Hall–Kier alpha value is -7.44. The van der Waals surface area contributed by atoms with Crippen LogP contribution in [0, 0.1) is 13.8 Å². The number of carbonyl (C=O) groups excluding carboxylic acids is 3.